The van der Waals surface area contributed by atoms with Crippen LogP contribution in [0.1, 0.15) is 18.9 Å². The van der Waals surface area contributed by atoms with Crippen molar-refractivity contribution in [1.82, 2.24) is 9.78 Å². The maximum Gasteiger partial charge on any atom is 0.144 e. The number of fused-ring (bicyclic) bond motifs is 1. The Bertz CT molecular complexity index is 561. The average Bonchev–Trinajstić information content (AvgIpc) is 2.83. The van der Waals surface area contributed by atoms with Gasteiger partial charge in [0.15, 0.2) is 0 Å². The third-order valence-corrected chi connectivity index (χ3v) is 4.05. The summed E-state index contributed by atoms with van der Waals surface area (Å²) in [6.07, 6.45) is 3.93. The molecular formula is C13H15BrN2O2. The Morgan fingerprint density at radius 2 is 2.17 bits per heavy atom. The molecule has 0 N–H and O–H groups in total. The van der Waals surface area contributed by atoms with E-state index in [0.717, 1.165) is 47.2 Å². The Labute approximate surface area is 114 Å². The fraction of sp³-hybridized carbons (Fsp3) is 0.462. The first kappa shape index (κ1) is 12.0. The highest BCUT2D eigenvalue weighted by Gasteiger charge is 2.20. The van der Waals surface area contributed by atoms with E-state index >= 15 is 0 Å². The van der Waals surface area contributed by atoms with E-state index in [-0.39, 0.29) is 0 Å². The second-order valence-electron chi connectivity index (χ2n) is 4.45. The maximum atomic E-state index is 5.43. The van der Waals surface area contributed by atoms with Crippen molar-refractivity contribution in [3.05, 3.63) is 22.8 Å². The highest BCUT2D eigenvalue weighted by molar-refractivity contribution is 9.10. The van der Waals surface area contributed by atoms with Crippen molar-refractivity contribution in [3.63, 3.8) is 0 Å². The number of halogens is 1. The van der Waals surface area contributed by atoms with Gasteiger partial charge in [0.1, 0.15) is 5.75 Å². The van der Waals surface area contributed by atoms with E-state index in [1.807, 2.05) is 12.3 Å². The van der Waals surface area contributed by atoms with Crippen molar-refractivity contribution in [2.45, 2.75) is 18.9 Å². The van der Waals surface area contributed by atoms with E-state index in [2.05, 4.69) is 31.8 Å². The van der Waals surface area contributed by atoms with Crippen molar-refractivity contribution in [1.29, 1.82) is 0 Å². The van der Waals surface area contributed by atoms with Crippen molar-refractivity contribution in [2.75, 3.05) is 20.3 Å². The molecule has 2 heterocycles. The van der Waals surface area contributed by atoms with Crippen LogP contribution < -0.4 is 4.74 Å². The molecule has 0 radical (unpaired) electrons. The molecule has 18 heavy (non-hydrogen) atoms. The molecule has 0 atom stereocenters. The molecule has 0 amide bonds. The van der Waals surface area contributed by atoms with Crippen LogP contribution in [0, 0.1) is 0 Å². The number of hydrogen-bond acceptors (Lipinski definition) is 3. The number of rotatable bonds is 2. The van der Waals surface area contributed by atoms with Gasteiger partial charge in [-0.1, -0.05) is 0 Å². The third-order valence-electron chi connectivity index (χ3n) is 3.42. The summed E-state index contributed by atoms with van der Waals surface area (Å²) in [7, 11) is 1.69. The lowest BCUT2D eigenvalue weighted by molar-refractivity contribution is 0.0675. The minimum Gasteiger partial charge on any atom is -0.495 e. The molecule has 1 aromatic carbocycles. The SMILES string of the molecule is COc1c(Br)ccc2c1cnn2C1CCOCC1. The molecule has 1 saturated heterocycles. The minimum atomic E-state index is 0.433. The van der Waals surface area contributed by atoms with Gasteiger partial charge in [0.25, 0.3) is 0 Å². The van der Waals surface area contributed by atoms with E-state index in [1.165, 1.54) is 0 Å². The van der Waals surface area contributed by atoms with Crippen molar-refractivity contribution >= 4 is 26.8 Å². The first-order valence-corrected chi connectivity index (χ1v) is 6.88. The van der Waals surface area contributed by atoms with Crippen LogP contribution in [0.2, 0.25) is 0 Å². The van der Waals surface area contributed by atoms with E-state index in [1.54, 1.807) is 7.11 Å². The van der Waals surface area contributed by atoms with Crippen LogP contribution in [0.15, 0.2) is 22.8 Å². The molecule has 1 aliphatic rings. The molecule has 4 nitrogen and oxygen atoms in total. The summed E-state index contributed by atoms with van der Waals surface area (Å²) >= 11 is 3.50. The number of ether oxygens (including phenoxy) is 2. The molecule has 1 fully saturated rings. The number of methoxy groups -OCH3 is 1. The van der Waals surface area contributed by atoms with Gasteiger partial charge in [0.05, 0.1) is 34.7 Å². The van der Waals surface area contributed by atoms with Gasteiger partial charge in [-0.2, -0.15) is 5.10 Å². The summed E-state index contributed by atoms with van der Waals surface area (Å²) in [5.74, 6) is 0.853. The van der Waals surface area contributed by atoms with Crippen LogP contribution in [0.3, 0.4) is 0 Å². The zero-order valence-corrected chi connectivity index (χ0v) is 11.8. The van der Waals surface area contributed by atoms with Crippen molar-refractivity contribution < 1.29 is 9.47 Å². The lowest BCUT2D eigenvalue weighted by Crippen LogP contribution is -2.20. The molecule has 5 heteroatoms. The number of nitrogens with zero attached hydrogens (tertiary/aromatic N) is 2. The fourth-order valence-corrected chi connectivity index (χ4v) is 3.00. The zero-order valence-electron chi connectivity index (χ0n) is 10.2. The van der Waals surface area contributed by atoms with Crippen LogP contribution >= 0.6 is 15.9 Å². The van der Waals surface area contributed by atoms with Crippen LogP contribution in [0.4, 0.5) is 0 Å². The number of hydrogen-bond donors (Lipinski definition) is 0. The summed E-state index contributed by atoms with van der Waals surface area (Å²) in [5.41, 5.74) is 1.13. The molecule has 0 bridgehead atoms. The average molecular weight is 311 g/mol. The second-order valence-corrected chi connectivity index (χ2v) is 5.30. The summed E-state index contributed by atoms with van der Waals surface area (Å²) < 4.78 is 13.9. The maximum absolute atomic E-state index is 5.43. The van der Waals surface area contributed by atoms with Crippen LogP contribution in [0.5, 0.6) is 5.75 Å². The van der Waals surface area contributed by atoms with E-state index in [4.69, 9.17) is 9.47 Å². The number of benzene rings is 1. The van der Waals surface area contributed by atoms with Gasteiger partial charge in [0.2, 0.25) is 0 Å². The predicted molar refractivity (Wildman–Crippen MR) is 73.1 cm³/mol. The largest absolute Gasteiger partial charge is 0.495 e. The van der Waals surface area contributed by atoms with Gasteiger partial charge < -0.3 is 9.47 Å². The Morgan fingerprint density at radius 1 is 1.39 bits per heavy atom. The lowest BCUT2D eigenvalue weighted by Gasteiger charge is -2.23. The zero-order chi connectivity index (χ0) is 12.5. The highest BCUT2D eigenvalue weighted by atomic mass is 79.9. The van der Waals surface area contributed by atoms with Crippen LogP contribution in [-0.2, 0) is 4.74 Å². The normalized spacial score (nSPS) is 17.2. The standard InChI is InChI=1S/C13H15BrN2O2/c1-17-13-10-8-15-16(9-4-6-18-7-5-9)12(10)3-2-11(13)14/h2-3,8-9H,4-7H2,1H3. The second kappa shape index (κ2) is 4.90. The Hall–Kier alpha value is -1.07. The first-order chi connectivity index (χ1) is 8.81. The third kappa shape index (κ3) is 1.91. The molecule has 0 aliphatic carbocycles. The van der Waals surface area contributed by atoms with Crippen LogP contribution in [-0.4, -0.2) is 30.1 Å². The Morgan fingerprint density at radius 3 is 2.89 bits per heavy atom. The first-order valence-electron chi connectivity index (χ1n) is 6.08. The molecule has 1 aromatic heterocycles. The summed E-state index contributed by atoms with van der Waals surface area (Å²) in [4.78, 5) is 0. The summed E-state index contributed by atoms with van der Waals surface area (Å²) in [6, 6.07) is 4.53. The summed E-state index contributed by atoms with van der Waals surface area (Å²) in [6.45, 7) is 1.64. The predicted octanol–water partition coefficient (Wildman–Crippen LogP) is 3.16. The van der Waals surface area contributed by atoms with Gasteiger partial charge >= 0.3 is 0 Å². The quantitative estimate of drug-likeness (QED) is 0.855. The van der Waals surface area contributed by atoms with Gasteiger partial charge in [-0.3, -0.25) is 4.68 Å². The topological polar surface area (TPSA) is 36.3 Å². The van der Waals surface area contributed by atoms with Gasteiger partial charge in [-0.25, -0.2) is 0 Å². The molecule has 0 spiro atoms. The van der Waals surface area contributed by atoms with Crippen molar-refractivity contribution in [3.8, 4) is 5.75 Å². The molecule has 96 valence electrons. The molecule has 2 aromatic rings. The Balaban J connectivity index is 2.08. The van der Waals surface area contributed by atoms with E-state index in [0.29, 0.717) is 6.04 Å². The van der Waals surface area contributed by atoms with Gasteiger partial charge in [0, 0.05) is 13.2 Å². The molecule has 1 aliphatic heterocycles. The molecular weight excluding hydrogens is 296 g/mol. The number of aromatic nitrogens is 2. The molecule has 3 rings (SSSR count). The Kier molecular flexibility index (Phi) is 3.26. The van der Waals surface area contributed by atoms with E-state index in [9.17, 15) is 0 Å². The van der Waals surface area contributed by atoms with Crippen molar-refractivity contribution in [2.24, 2.45) is 0 Å². The fourth-order valence-electron chi connectivity index (χ4n) is 2.50. The lowest BCUT2D eigenvalue weighted by atomic mass is 10.1. The van der Waals surface area contributed by atoms with Gasteiger partial charge in [-0.05, 0) is 40.9 Å². The summed E-state index contributed by atoms with van der Waals surface area (Å²) in [5, 5.41) is 5.58. The van der Waals surface area contributed by atoms with Gasteiger partial charge in [-0.15, -0.1) is 0 Å². The minimum absolute atomic E-state index is 0.433. The van der Waals surface area contributed by atoms with E-state index < -0.39 is 0 Å². The molecule has 0 saturated carbocycles. The monoisotopic (exact) mass is 310 g/mol. The van der Waals surface area contributed by atoms with Crippen LogP contribution in [0.25, 0.3) is 10.9 Å². The molecule has 0 unspecified atom stereocenters. The highest BCUT2D eigenvalue weighted by Crippen LogP contribution is 2.35. The smallest absolute Gasteiger partial charge is 0.144 e.